The van der Waals surface area contributed by atoms with E-state index in [1.54, 1.807) is 0 Å². The zero-order chi connectivity index (χ0) is 13.3. The molecule has 1 aliphatic rings. The molecule has 0 aliphatic heterocycles. The summed E-state index contributed by atoms with van der Waals surface area (Å²) in [5.74, 6) is 0. The molecule has 2 nitrogen and oxygen atoms in total. The number of fused-ring (bicyclic) bond motifs is 1. The molecule has 2 aromatic rings. The smallest absolute Gasteiger partial charge is 0.0824 e. The van der Waals surface area contributed by atoms with Gasteiger partial charge in [-0.1, -0.05) is 36.4 Å². The van der Waals surface area contributed by atoms with Crippen LogP contribution in [-0.2, 0) is 5.41 Å². The average Bonchev–Trinajstić information content (AvgIpc) is 2.48. The van der Waals surface area contributed by atoms with E-state index in [4.69, 9.17) is 0 Å². The van der Waals surface area contributed by atoms with Crippen molar-refractivity contribution in [2.45, 2.75) is 37.2 Å². The fourth-order valence-corrected chi connectivity index (χ4v) is 3.05. The molecule has 0 radical (unpaired) electrons. The molecular formula is C17H17NO. The van der Waals surface area contributed by atoms with E-state index in [0.29, 0.717) is 0 Å². The molecule has 0 spiro atoms. The third kappa shape index (κ3) is 2.11. The highest BCUT2D eigenvalue weighted by Gasteiger charge is 2.36. The van der Waals surface area contributed by atoms with Crippen molar-refractivity contribution in [1.82, 2.24) is 0 Å². The normalized spacial score (nSPS) is 27.1. The summed E-state index contributed by atoms with van der Waals surface area (Å²) in [5, 5.41) is 21.7. The quantitative estimate of drug-likeness (QED) is 0.842. The van der Waals surface area contributed by atoms with Crippen molar-refractivity contribution >= 4 is 10.8 Å². The van der Waals surface area contributed by atoms with Gasteiger partial charge in [-0.3, -0.25) is 0 Å². The first-order valence-electron chi connectivity index (χ1n) is 6.82. The molecule has 0 heterocycles. The van der Waals surface area contributed by atoms with Crippen molar-refractivity contribution in [2.75, 3.05) is 0 Å². The molecule has 0 amide bonds. The van der Waals surface area contributed by atoms with Gasteiger partial charge in [0.2, 0.25) is 0 Å². The first kappa shape index (κ1) is 12.2. The number of hydrogen-bond acceptors (Lipinski definition) is 2. The van der Waals surface area contributed by atoms with Crippen LogP contribution in [0.3, 0.4) is 0 Å². The minimum absolute atomic E-state index is 0.234. The molecule has 19 heavy (non-hydrogen) atoms. The largest absolute Gasteiger partial charge is 0.393 e. The lowest BCUT2D eigenvalue weighted by Gasteiger charge is -2.33. The van der Waals surface area contributed by atoms with Crippen molar-refractivity contribution in [3.8, 4) is 6.07 Å². The summed E-state index contributed by atoms with van der Waals surface area (Å²) in [6, 6.07) is 17.0. The van der Waals surface area contributed by atoms with E-state index in [0.717, 1.165) is 31.2 Å². The SMILES string of the molecule is N#CC1(c2ccc3ccccc3c2)CCC(O)CC1. The van der Waals surface area contributed by atoms with E-state index < -0.39 is 5.41 Å². The average molecular weight is 251 g/mol. The van der Waals surface area contributed by atoms with Crippen LogP contribution in [0.1, 0.15) is 31.2 Å². The number of benzene rings is 2. The fourth-order valence-electron chi connectivity index (χ4n) is 3.05. The number of hydrogen-bond donors (Lipinski definition) is 1. The maximum atomic E-state index is 9.65. The molecule has 3 rings (SSSR count). The van der Waals surface area contributed by atoms with E-state index in [1.165, 1.54) is 10.8 Å². The third-order valence-electron chi connectivity index (χ3n) is 4.32. The first-order chi connectivity index (χ1) is 9.23. The van der Waals surface area contributed by atoms with E-state index in [1.807, 2.05) is 12.1 Å². The van der Waals surface area contributed by atoms with Crippen molar-refractivity contribution in [3.05, 3.63) is 48.0 Å². The van der Waals surface area contributed by atoms with Gasteiger partial charge in [0.05, 0.1) is 17.6 Å². The predicted octanol–water partition coefficient (Wildman–Crippen LogP) is 3.54. The Kier molecular flexibility index (Phi) is 3.00. The van der Waals surface area contributed by atoms with Crippen LogP contribution in [0.25, 0.3) is 10.8 Å². The van der Waals surface area contributed by atoms with Gasteiger partial charge < -0.3 is 5.11 Å². The molecule has 0 unspecified atom stereocenters. The molecule has 0 saturated heterocycles. The third-order valence-corrected chi connectivity index (χ3v) is 4.32. The number of rotatable bonds is 1. The van der Waals surface area contributed by atoms with Crippen LogP contribution < -0.4 is 0 Å². The first-order valence-corrected chi connectivity index (χ1v) is 6.82. The van der Waals surface area contributed by atoms with Crippen LogP contribution in [0.15, 0.2) is 42.5 Å². The topological polar surface area (TPSA) is 44.0 Å². The van der Waals surface area contributed by atoms with E-state index in [-0.39, 0.29) is 6.10 Å². The minimum atomic E-state index is -0.413. The Morgan fingerprint density at radius 3 is 2.42 bits per heavy atom. The molecule has 0 atom stereocenters. The van der Waals surface area contributed by atoms with Crippen molar-refractivity contribution < 1.29 is 5.11 Å². The maximum Gasteiger partial charge on any atom is 0.0824 e. The summed E-state index contributed by atoms with van der Waals surface area (Å²) < 4.78 is 0. The van der Waals surface area contributed by atoms with Gasteiger partial charge >= 0.3 is 0 Å². The lowest BCUT2D eigenvalue weighted by molar-refractivity contribution is 0.109. The van der Waals surface area contributed by atoms with E-state index >= 15 is 0 Å². The molecule has 1 saturated carbocycles. The summed E-state index contributed by atoms with van der Waals surface area (Å²) in [4.78, 5) is 0. The molecule has 2 heteroatoms. The number of aliphatic hydroxyl groups excluding tert-OH is 1. The summed E-state index contributed by atoms with van der Waals surface area (Å²) >= 11 is 0. The second-order valence-electron chi connectivity index (χ2n) is 5.49. The Morgan fingerprint density at radius 2 is 1.74 bits per heavy atom. The van der Waals surface area contributed by atoms with Crippen LogP contribution in [0.2, 0.25) is 0 Å². The van der Waals surface area contributed by atoms with Crippen molar-refractivity contribution in [2.24, 2.45) is 0 Å². The van der Waals surface area contributed by atoms with E-state index in [9.17, 15) is 10.4 Å². The second kappa shape index (κ2) is 4.68. The van der Waals surface area contributed by atoms with Crippen molar-refractivity contribution in [3.63, 3.8) is 0 Å². The number of nitriles is 1. The van der Waals surface area contributed by atoms with Crippen LogP contribution in [-0.4, -0.2) is 11.2 Å². The Hall–Kier alpha value is -1.85. The summed E-state index contributed by atoms with van der Waals surface area (Å²) in [5.41, 5.74) is 0.684. The summed E-state index contributed by atoms with van der Waals surface area (Å²) in [6.07, 6.45) is 2.72. The van der Waals surface area contributed by atoms with Gasteiger partial charge in [0.1, 0.15) is 0 Å². The Labute approximate surface area is 113 Å². The van der Waals surface area contributed by atoms with Gasteiger partial charge in [0.15, 0.2) is 0 Å². The second-order valence-corrected chi connectivity index (χ2v) is 5.49. The highest BCUT2D eigenvalue weighted by atomic mass is 16.3. The molecule has 0 aromatic heterocycles. The van der Waals surface area contributed by atoms with Crippen molar-refractivity contribution in [1.29, 1.82) is 5.26 Å². The summed E-state index contributed by atoms with van der Waals surface area (Å²) in [6.45, 7) is 0. The minimum Gasteiger partial charge on any atom is -0.393 e. The van der Waals surface area contributed by atoms with Gasteiger partial charge in [-0.2, -0.15) is 5.26 Å². The summed E-state index contributed by atoms with van der Waals surface area (Å²) in [7, 11) is 0. The molecule has 2 aromatic carbocycles. The highest BCUT2D eigenvalue weighted by molar-refractivity contribution is 5.83. The Morgan fingerprint density at radius 1 is 1.05 bits per heavy atom. The zero-order valence-electron chi connectivity index (χ0n) is 10.8. The fraction of sp³-hybridized carbons (Fsp3) is 0.353. The standard InChI is InChI=1S/C17H17NO/c18-12-17(9-7-16(19)8-10-17)15-6-5-13-3-1-2-4-14(13)11-15/h1-6,11,16,19H,7-10H2. The van der Waals surface area contributed by atoms with Gasteiger partial charge in [-0.05, 0) is 48.1 Å². The van der Waals surface area contributed by atoms with Gasteiger partial charge in [-0.25, -0.2) is 0 Å². The van der Waals surface area contributed by atoms with Crippen LogP contribution in [0.4, 0.5) is 0 Å². The number of aliphatic hydroxyl groups is 1. The molecule has 1 aliphatic carbocycles. The zero-order valence-corrected chi connectivity index (χ0v) is 10.8. The number of nitrogens with zero attached hydrogens (tertiary/aromatic N) is 1. The van der Waals surface area contributed by atoms with Gasteiger partial charge in [0.25, 0.3) is 0 Å². The molecule has 0 bridgehead atoms. The molecule has 96 valence electrons. The van der Waals surface area contributed by atoms with Crippen LogP contribution >= 0.6 is 0 Å². The molecular weight excluding hydrogens is 234 g/mol. The monoisotopic (exact) mass is 251 g/mol. The lowest BCUT2D eigenvalue weighted by atomic mass is 9.69. The van der Waals surface area contributed by atoms with E-state index in [2.05, 4.69) is 36.4 Å². The van der Waals surface area contributed by atoms with Gasteiger partial charge in [0, 0.05) is 0 Å². The predicted molar refractivity (Wildman–Crippen MR) is 75.7 cm³/mol. The molecule has 1 fully saturated rings. The molecule has 1 N–H and O–H groups in total. The Balaban J connectivity index is 2.04. The maximum absolute atomic E-state index is 9.65. The highest BCUT2D eigenvalue weighted by Crippen LogP contribution is 2.39. The van der Waals surface area contributed by atoms with Gasteiger partial charge in [-0.15, -0.1) is 0 Å². The lowest BCUT2D eigenvalue weighted by Crippen LogP contribution is -2.32. The Bertz CT molecular complexity index is 633. The van der Waals surface area contributed by atoms with Crippen LogP contribution in [0, 0.1) is 11.3 Å². The van der Waals surface area contributed by atoms with Crippen LogP contribution in [0.5, 0.6) is 0 Å².